The maximum Gasteiger partial charge on any atom is 0.0236 e. The number of nitrogens with zero attached hydrogens (tertiary/aromatic N) is 1. The van der Waals surface area contributed by atoms with Gasteiger partial charge in [0, 0.05) is 29.8 Å². The van der Waals surface area contributed by atoms with Crippen LogP contribution >= 0.6 is 11.8 Å². The van der Waals surface area contributed by atoms with Crippen molar-refractivity contribution in [1.29, 1.82) is 0 Å². The number of nitrogens with one attached hydrogen (secondary N) is 1. The Balaban J connectivity index is 1.70. The summed E-state index contributed by atoms with van der Waals surface area (Å²) in [6, 6.07) is 7.92. The van der Waals surface area contributed by atoms with Crippen LogP contribution in [0, 0.1) is 5.92 Å². The average Bonchev–Trinajstić information content (AvgIpc) is 2.94. The van der Waals surface area contributed by atoms with Crippen molar-refractivity contribution in [2.24, 2.45) is 5.92 Å². The van der Waals surface area contributed by atoms with E-state index in [4.69, 9.17) is 0 Å². The smallest absolute Gasteiger partial charge is 0.0236 e. The molecule has 0 saturated carbocycles. The molecule has 2 aliphatic heterocycles. The van der Waals surface area contributed by atoms with Crippen molar-refractivity contribution in [3.05, 3.63) is 29.3 Å². The minimum Gasteiger partial charge on any atom is -0.317 e. The lowest BCUT2D eigenvalue weighted by atomic mass is 10.0. The van der Waals surface area contributed by atoms with Crippen LogP contribution in [-0.2, 0) is 13.0 Å². The average molecular weight is 305 g/mol. The maximum absolute atomic E-state index is 3.49. The van der Waals surface area contributed by atoms with Gasteiger partial charge in [0.05, 0.1) is 0 Å². The minimum atomic E-state index is 0.741. The predicted octanol–water partition coefficient (Wildman–Crippen LogP) is 3.54. The number of aryl methyl sites for hydroxylation is 1. The van der Waals surface area contributed by atoms with Crippen LogP contribution in [-0.4, -0.2) is 36.3 Å². The lowest BCUT2D eigenvalue weighted by Gasteiger charge is -2.36. The summed E-state index contributed by atoms with van der Waals surface area (Å²) in [7, 11) is 0. The Labute approximate surface area is 133 Å². The van der Waals surface area contributed by atoms with Crippen LogP contribution in [0.15, 0.2) is 23.1 Å². The molecule has 1 aromatic rings. The molecular formula is C18H28N2S. The molecule has 3 rings (SSSR count). The molecule has 1 N–H and O–H groups in total. The number of thioether (sulfide) groups is 1. The van der Waals surface area contributed by atoms with Gasteiger partial charge >= 0.3 is 0 Å². The normalized spacial score (nSPS) is 19.4. The fourth-order valence-corrected chi connectivity index (χ4v) is 4.61. The number of rotatable bonds is 5. The Hall–Kier alpha value is -0.510. The van der Waals surface area contributed by atoms with Crippen LogP contribution < -0.4 is 5.32 Å². The zero-order chi connectivity index (χ0) is 14.7. The van der Waals surface area contributed by atoms with Gasteiger partial charge in [-0.25, -0.2) is 0 Å². The van der Waals surface area contributed by atoms with E-state index in [1.807, 2.05) is 11.8 Å². The first kappa shape index (κ1) is 15.4. The summed E-state index contributed by atoms with van der Waals surface area (Å²) < 4.78 is 0. The van der Waals surface area contributed by atoms with Gasteiger partial charge in [0.25, 0.3) is 0 Å². The van der Waals surface area contributed by atoms with E-state index in [1.165, 1.54) is 55.1 Å². The number of benzene rings is 1. The molecule has 116 valence electrons. The highest BCUT2D eigenvalue weighted by Crippen LogP contribution is 2.32. The van der Waals surface area contributed by atoms with E-state index >= 15 is 0 Å². The van der Waals surface area contributed by atoms with Gasteiger partial charge in [0.2, 0.25) is 0 Å². The van der Waals surface area contributed by atoms with E-state index < -0.39 is 0 Å². The second-order valence-corrected chi connectivity index (χ2v) is 7.98. The van der Waals surface area contributed by atoms with Gasteiger partial charge < -0.3 is 5.32 Å². The highest BCUT2D eigenvalue weighted by molar-refractivity contribution is 7.99. The van der Waals surface area contributed by atoms with E-state index in [9.17, 15) is 0 Å². The van der Waals surface area contributed by atoms with Gasteiger partial charge in [0.1, 0.15) is 0 Å². The zero-order valence-electron chi connectivity index (χ0n) is 13.4. The molecule has 0 aliphatic carbocycles. The van der Waals surface area contributed by atoms with E-state index in [2.05, 4.69) is 42.3 Å². The van der Waals surface area contributed by atoms with Gasteiger partial charge in [-0.2, -0.15) is 0 Å². The number of fused-ring (bicyclic) bond motifs is 1. The lowest BCUT2D eigenvalue weighted by molar-refractivity contribution is 0.137. The summed E-state index contributed by atoms with van der Waals surface area (Å²) in [5.41, 5.74) is 3.09. The summed E-state index contributed by atoms with van der Waals surface area (Å²) in [5, 5.41) is 3.49. The standard InChI is InChI=1S/C18H28N2S/c1-14(2)12-20(17-5-8-19-9-6-17)13-15-3-4-18-16(11-15)7-10-21-18/h3-4,11,14,17,19H,5-10,12-13H2,1-2H3. The zero-order valence-corrected chi connectivity index (χ0v) is 14.2. The summed E-state index contributed by atoms with van der Waals surface area (Å²) >= 11 is 2.01. The molecule has 0 amide bonds. The topological polar surface area (TPSA) is 15.3 Å². The molecule has 1 aromatic carbocycles. The fraction of sp³-hybridized carbons (Fsp3) is 0.667. The van der Waals surface area contributed by atoms with Gasteiger partial charge in [-0.15, -0.1) is 11.8 Å². The second kappa shape index (κ2) is 7.17. The van der Waals surface area contributed by atoms with Crippen LogP contribution in [0.4, 0.5) is 0 Å². The first-order valence-corrected chi connectivity index (χ1v) is 9.40. The van der Waals surface area contributed by atoms with Crippen LogP contribution in [0.25, 0.3) is 0 Å². The van der Waals surface area contributed by atoms with E-state index in [-0.39, 0.29) is 0 Å². The lowest BCUT2D eigenvalue weighted by Crippen LogP contribution is -2.44. The Morgan fingerprint density at radius 3 is 2.86 bits per heavy atom. The van der Waals surface area contributed by atoms with Crippen molar-refractivity contribution in [1.82, 2.24) is 10.2 Å². The third-order valence-corrected chi connectivity index (χ3v) is 5.68. The van der Waals surface area contributed by atoms with Crippen molar-refractivity contribution in [2.45, 2.75) is 50.6 Å². The largest absolute Gasteiger partial charge is 0.317 e. The fourth-order valence-electron chi connectivity index (χ4n) is 3.56. The minimum absolute atomic E-state index is 0.741. The van der Waals surface area contributed by atoms with Gasteiger partial charge in [-0.05, 0) is 55.5 Å². The highest BCUT2D eigenvalue weighted by atomic mass is 32.2. The summed E-state index contributed by atoms with van der Waals surface area (Å²) in [6.45, 7) is 9.39. The van der Waals surface area contributed by atoms with Crippen molar-refractivity contribution in [3.8, 4) is 0 Å². The molecule has 1 saturated heterocycles. The molecule has 0 aromatic heterocycles. The van der Waals surface area contributed by atoms with Crippen LogP contribution in [0.2, 0.25) is 0 Å². The molecular weight excluding hydrogens is 276 g/mol. The first-order chi connectivity index (χ1) is 10.2. The third kappa shape index (κ3) is 4.02. The van der Waals surface area contributed by atoms with Crippen LogP contribution in [0.5, 0.6) is 0 Å². The molecule has 2 aliphatic rings. The summed E-state index contributed by atoms with van der Waals surface area (Å²) in [6.07, 6.45) is 3.85. The molecule has 0 spiro atoms. The number of piperidine rings is 1. The van der Waals surface area contributed by atoms with Gasteiger partial charge in [0.15, 0.2) is 0 Å². The Morgan fingerprint density at radius 2 is 2.10 bits per heavy atom. The molecule has 2 heterocycles. The summed E-state index contributed by atoms with van der Waals surface area (Å²) in [4.78, 5) is 4.24. The highest BCUT2D eigenvalue weighted by Gasteiger charge is 2.22. The number of hydrogen-bond donors (Lipinski definition) is 1. The van der Waals surface area contributed by atoms with E-state index in [1.54, 1.807) is 5.56 Å². The maximum atomic E-state index is 3.49. The second-order valence-electron chi connectivity index (χ2n) is 6.85. The Bertz CT molecular complexity index is 466. The molecule has 21 heavy (non-hydrogen) atoms. The van der Waals surface area contributed by atoms with Crippen LogP contribution in [0.1, 0.15) is 37.8 Å². The van der Waals surface area contributed by atoms with Crippen molar-refractivity contribution in [3.63, 3.8) is 0 Å². The molecule has 0 atom stereocenters. The molecule has 1 fully saturated rings. The quantitative estimate of drug-likeness (QED) is 0.895. The number of hydrogen-bond acceptors (Lipinski definition) is 3. The van der Waals surface area contributed by atoms with Crippen molar-refractivity contribution in [2.75, 3.05) is 25.4 Å². The van der Waals surface area contributed by atoms with E-state index in [0.29, 0.717) is 0 Å². The molecule has 3 heteroatoms. The SMILES string of the molecule is CC(C)CN(Cc1ccc2c(c1)CCS2)C1CCNCC1. The van der Waals surface area contributed by atoms with Crippen molar-refractivity contribution < 1.29 is 0 Å². The Morgan fingerprint density at radius 1 is 1.29 bits per heavy atom. The van der Waals surface area contributed by atoms with Crippen molar-refractivity contribution >= 4 is 11.8 Å². The molecule has 0 unspecified atom stereocenters. The summed E-state index contributed by atoms with van der Waals surface area (Å²) in [5.74, 6) is 2.01. The molecule has 0 radical (unpaired) electrons. The molecule has 0 bridgehead atoms. The van der Waals surface area contributed by atoms with E-state index in [0.717, 1.165) is 18.5 Å². The Kier molecular flexibility index (Phi) is 5.25. The van der Waals surface area contributed by atoms with Gasteiger partial charge in [-0.1, -0.05) is 26.0 Å². The monoisotopic (exact) mass is 304 g/mol. The first-order valence-electron chi connectivity index (χ1n) is 8.42. The predicted molar refractivity (Wildman–Crippen MR) is 92.0 cm³/mol. The third-order valence-electron chi connectivity index (χ3n) is 4.56. The van der Waals surface area contributed by atoms with Gasteiger partial charge in [-0.3, -0.25) is 4.90 Å². The molecule has 2 nitrogen and oxygen atoms in total. The van der Waals surface area contributed by atoms with Crippen LogP contribution in [0.3, 0.4) is 0 Å².